The average molecular weight is 433 g/mol. The Morgan fingerprint density at radius 2 is 1.91 bits per heavy atom. The normalized spacial score (nSPS) is 14.8. The molecule has 0 spiro atoms. The minimum absolute atomic E-state index is 0.169. The second kappa shape index (κ2) is 8.11. The Hall–Kier alpha value is -3.68. The number of aromatic amines is 1. The monoisotopic (exact) mass is 433 g/mol. The molecule has 8 heteroatoms. The Labute approximate surface area is 184 Å². The van der Waals surface area contributed by atoms with E-state index < -0.39 is 0 Å². The number of hydrogen-bond donors (Lipinski definition) is 1. The number of amides is 1. The Bertz CT molecular complexity index is 1270. The number of nitrogens with one attached hydrogen (secondary N) is 1. The van der Waals surface area contributed by atoms with Crippen LogP contribution in [0.5, 0.6) is 5.75 Å². The number of halogens is 1. The van der Waals surface area contributed by atoms with Gasteiger partial charge in [-0.05, 0) is 73.7 Å². The van der Waals surface area contributed by atoms with Crippen molar-refractivity contribution in [1.82, 2.24) is 24.6 Å². The van der Waals surface area contributed by atoms with Crippen LogP contribution in [-0.4, -0.2) is 50.8 Å². The highest BCUT2D eigenvalue weighted by Gasteiger charge is 2.28. The van der Waals surface area contributed by atoms with Gasteiger partial charge < -0.3 is 14.6 Å². The zero-order chi connectivity index (χ0) is 22.2. The number of H-pyrrole nitrogens is 1. The van der Waals surface area contributed by atoms with Crippen LogP contribution in [0.1, 0.15) is 40.8 Å². The summed E-state index contributed by atoms with van der Waals surface area (Å²) in [6.45, 7) is 3.07. The molecule has 1 saturated heterocycles. The second-order valence-corrected chi connectivity index (χ2v) is 8.09. The molecule has 1 aliphatic rings. The molecule has 32 heavy (non-hydrogen) atoms. The highest BCUT2D eigenvalue weighted by atomic mass is 19.1. The van der Waals surface area contributed by atoms with Crippen LogP contribution in [0.15, 0.2) is 48.7 Å². The highest BCUT2D eigenvalue weighted by molar-refractivity contribution is 5.90. The Balaban J connectivity index is 1.30. The SMILES string of the molecule is COc1ccc2[nH]cc(C3CCN(C(=O)c4nc(C)n(-c5ccc(F)cc5)n4)CC3)c2c1. The van der Waals surface area contributed by atoms with E-state index in [1.807, 2.05) is 17.0 Å². The van der Waals surface area contributed by atoms with Crippen molar-refractivity contribution >= 4 is 16.8 Å². The molecule has 5 rings (SSSR count). The van der Waals surface area contributed by atoms with E-state index in [-0.39, 0.29) is 17.5 Å². The van der Waals surface area contributed by atoms with Crippen LogP contribution in [0.25, 0.3) is 16.6 Å². The van der Waals surface area contributed by atoms with Gasteiger partial charge in [0.15, 0.2) is 0 Å². The van der Waals surface area contributed by atoms with Crippen molar-refractivity contribution in [1.29, 1.82) is 0 Å². The minimum atomic E-state index is -0.320. The maximum absolute atomic E-state index is 13.2. The van der Waals surface area contributed by atoms with Gasteiger partial charge in [-0.2, -0.15) is 0 Å². The summed E-state index contributed by atoms with van der Waals surface area (Å²) in [6.07, 6.45) is 3.81. The van der Waals surface area contributed by atoms with E-state index in [4.69, 9.17) is 4.74 Å². The van der Waals surface area contributed by atoms with Crippen molar-refractivity contribution < 1.29 is 13.9 Å². The number of aryl methyl sites for hydroxylation is 1. The van der Waals surface area contributed by atoms with Crippen molar-refractivity contribution in [2.24, 2.45) is 0 Å². The van der Waals surface area contributed by atoms with Crippen LogP contribution in [0.2, 0.25) is 0 Å². The number of methoxy groups -OCH3 is 1. The number of benzene rings is 2. The summed E-state index contributed by atoms with van der Waals surface area (Å²) in [7, 11) is 1.67. The first-order valence-electron chi connectivity index (χ1n) is 10.7. The second-order valence-electron chi connectivity index (χ2n) is 8.09. The number of nitrogens with zero attached hydrogens (tertiary/aromatic N) is 4. The third kappa shape index (κ3) is 3.62. The molecule has 2 aromatic heterocycles. The topological polar surface area (TPSA) is 76.0 Å². The Morgan fingerprint density at radius 1 is 1.16 bits per heavy atom. The van der Waals surface area contributed by atoms with Gasteiger partial charge in [0.25, 0.3) is 5.91 Å². The zero-order valence-corrected chi connectivity index (χ0v) is 18.0. The van der Waals surface area contributed by atoms with Crippen LogP contribution < -0.4 is 4.74 Å². The number of aromatic nitrogens is 4. The fourth-order valence-electron chi connectivity index (χ4n) is 4.43. The zero-order valence-electron chi connectivity index (χ0n) is 18.0. The van der Waals surface area contributed by atoms with E-state index in [2.05, 4.69) is 27.3 Å². The lowest BCUT2D eigenvalue weighted by Gasteiger charge is -2.31. The first kappa shape index (κ1) is 20.2. The fourth-order valence-corrected chi connectivity index (χ4v) is 4.43. The average Bonchev–Trinajstić information content (AvgIpc) is 3.42. The smallest absolute Gasteiger partial charge is 0.293 e. The first-order valence-corrected chi connectivity index (χ1v) is 10.7. The van der Waals surface area contributed by atoms with E-state index in [9.17, 15) is 9.18 Å². The number of carbonyl (C=O) groups excluding carboxylic acids is 1. The molecule has 0 aliphatic carbocycles. The van der Waals surface area contributed by atoms with Gasteiger partial charge >= 0.3 is 0 Å². The Kier molecular flexibility index (Phi) is 5.13. The molecule has 0 atom stereocenters. The van der Waals surface area contributed by atoms with E-state index in [0.29, 0.717) is 30.5 Å². The third-order valence-corrected chi connectivity index (χ3v) is 6.17. The van der Waals surface area contributed by atoms with E-state index in [1.165, 1.54) is 23.1 Å². The lowest BCUT2D eigenvalue weighted by atomic mass is 9.89. The number of ether oxygens (including phenoxy) is 1. The van der Waals surface area contributed by atoms with Crippen LogP contribution in [-0.2, 0) is 0 Å². The predicted octanol–water partition coefficient (Wildman–Crippen LogP) is 4.22. The predicted molar refractivity (Wildman–Crippen MR) is 119 cm³/mol. The first-order chi connectivity index (χ1) is 15.5. The third-order valence-electron chi connectivity index (χ3n) is 6.17. The van der Waals surface area contributed by atoms with Gasteiger partial charge in [-0.1, -0.05) is 0 Å². The summed E-state index contributed by atoms with van der Waals surface area (Å²) in [5, 5.41) is 5.56. The molecule has 1 N–H and O–H groups in total. The largest absolute Gasteiger partial charge is 0.497 e. The number of hydrogen-bond acceptors (Lipinski definition) is 4. The molecule has 3 heterocycles. The maximum Gasteiger partial charge on any atom is 0.293 e. The summed E-state index contributed by atoms with van der Waals surface area (Å²) in [6, 6.07) is 12.0. The number of likely N-dealkylation sites (tertiary alicyclic amines) is 1. The molecule has 0 saturated carbocycles. The molecule has 4 aromatic rings. The van der Waals surface area contributed by atoms with Gasteiger partial charge in [-0.15, -0.1) is 5.10 Å². The van der Waals surface area contributed by atoms with Crippen LogP contribution in [0.4, 0.5) is 4.39 Å². The molecular weight excluding hydrogens is 409 g/mol. The number of rotatable bonds is 4. The van der Waals surface area contributed by atoms with Gasteiger partial charge in [0, 0.05) is 30.2 Å². The van der Waals surface area contributed by atoms with Crippen LogP contribution in [0.3, 0.4) is 0 Å². The van der Waals surface area contributed by atoms with Crippen molar-refractivity contribution in [3.05, 3.63) is 71.7 Å². The van der Waals surface area contributed by atoms with Crippen molar-refractivity contribution in [3.63, 3.8) is 0 Å². The van der Waals surface area contributed by atoms with Crippen molar-refractivity contribution in [2.75, 3.05) is 20.2 Å². The molecule has 7 nitrogen and oxygen atoms in total. The molecular formula is C24H24FN5O2. The van der Waals surface area contributed by atoms with E-state index >= 15 is 0 Å². The van der Waals surface area contributed by atoms with Crippen molar-refractivity contribution in [3.8, 4) is 11.4 Å². The van der Waals surface area contributed by atoms with Crippen LogP contribution in [0, 0.1) is 12.7 Å². The summed E-state index contributed by atoms with van der Waals surface area (Å²) in [5.74, 6) is 1.47. The fraction of sp³-hybridized carbons (Fsp3) is 0.292. The molecule has 1 aliphatic heterocycles. The molecule has 2 aromatic carbocycles. The molecule has 0 unspecified atom stereocenters. The number of fused-ring (bicyclic) bond motifs is 1. The summed E-state index contributed by atoms with van der Waals surface area (Å²) < 4.78 is 20.2. The standard InChI is InChI=1S/C24H24FN5O2/c1-15-27-23(28-30(15)18-5-3-17(25)4-6-18)24(31)29-11-9-16(10-12-29)21-14-26-22-8-7-19(32-2)13-20(21)22/h3-8,13-14,16,26H,9-12H2,1-2H3. The summed E-state index contributed by atoms with van der Waals surface area (Å²) in [4.78, 5) is 22.6. The maximum atomic E-state index is 13.2. The van der Waals surface area contributed by atoms with Gasteiger partial charge in [0.2, 0.25) is 5.82 Å². The van der Waals surface area contributed by atoms with Gasteiger partial charge in [0.1, 0.15) is 17.4 Å². The lowest BCUT2D eigenvalue weighted by molar-refractivity contribution is 0.0701. The molecule has 1 amide bonds. The molecule has 1 fully saturated rings. The minimum Gasteiger partial charge on any atom is -0.497 e. The van der Waals surface area contributed by atoms with Crippen LogP contribution >= 0.6 is 0 Å². The number of piperidine rings is 1. The molecule has 0 bridgehead atoms. The van der Waals surface area contributed by atoms with E-state index in [1.54, 1.807) is 30.8 Å². The summed E-state index contributed by atoms with van der Waals surface area (Å²) >= 11 is 0. The lowest BCUT2D eigenvalue weighted by Crippen LogP contribution is -2.38. The van der Waals surface area contributed by atoms with Crippen molar-refractivity contribution in [2.45, 2.75) is 25.7 Å². The molecule has 0 radical (unpaired) electrons. The van der Waals surface area contributed by atoms with Gasteiger partial charge in [0.05, 0.1) is 12.8 Å². The van der Waals surface area contributed by atoms with E-state index in [0.717, 1.165) is 24.1 Å². The van der Waals surface area contributed by atoms with Gasteiger partial charge in [-0.3, -0.25) is 4.79 Å². The number of carbonyl (C=O) groups is 1. The Morgan fingerprint density at radius 3 is 2.62 bits per heavy atom. The summed E-state index contributed by atoms with van der Waals surface area (Å²) in [5.41, 5.74) is 3.02. The quantitative estimate of drug-likeness (QED) is 0.523. The molecule has 164 valence electrons. The van der Waals surface area contributed by atoms with Gasteiger partial charge in [-0.25, -0.2) is 14.1 Å². The highest BCUT2D eigenvalue weighted by Crippen LogP contribution is 2.35.